The van der Waals surface area contributed by atoms with Gasteiger partial charge < -0.3 is 10.0 Å². The number of hydrogen-bond acceptors (Lipinski definition) is 2. The molecule has 0 aliphatic heterocycles. The maximum Gasteiger partial charge on any atom is 0.248 e. The van der Waals surface area contributed by atoms with Crippen molar-refractivity contribution in [3.63, 3.8) is 0 Å². The van der Waals surface area contributed by atoms with E-state index in [1.54, 1.807) is 20.9 Å². The number of amides is 1. The molecule has 13 heavy (non-hydrogen) atoms. The minimum atomic E-state index is -0.469. The summed E-state index contributed by atoms with van der Waals surface area (Å²) >= 11 is 0. The molecule has 1 atom stereocenters. The van der Waals surface area contributed by atoms with Crippen molar-refractivity contribution in [3.05, 3.63) is 11.6 Å². The Morgan fingerprint density at radius 2 is 2.15 bits per heavy atom. The summed E-state index contributed by atoms with van der Waals surface area (Å²) in [5.74, 6) is -0.0113. The summed E-state index contributed by atoms with van der Waals surface area (Å²) in [5, 5.41) is 9.07. The van der Waals surface area contributed by atoms with Gasteiger partial charge in [-0.15, -0.1) is 0 Å². The first-order valence-corrected chi connectivity index (χ1v) is 4.59. The number of aliphatic hydroxyl groups excluding tert-OH is 1. The van der Waals surface area contributed by atoms with Crippen LogP contribution in [-0.2, 0) is 4.79 Å². The highest BCUT2D eigenvalue weighted by Gasteiger charge is 2.11. The zero-order valence-electron chi connectivity index (χ0n) is 8.87. The van der Waals surface area contributed by atoms with Crippen molar-refractivity contribution in [1.29, 1.82) is 0 Å². The second-order valence-corrected chi connectivity index (χ2v) is 3.33. The smallest absolute Gasteiger partial charge is 0.248 e. The minimum absolute atomic E-state index is 0.0113. The number of carbonyl (C=O) groups excluding carboxylic acids is 1. The molecule has 0 bridgehead atoms. The Labute approximate surface area is 80.0 Å². The van der Waals surface area contributed by atoms with Crippen molar-refractivity contribution < 1.29 is 9.90 Å². The Morgan fingerprint density at radius 3 is 2.54 bits per heavy atom. The largest absolute Gasteiger partial charge is 0.392 e. The zero-order chi connectivity index (χ0) is 10.4. The second kappa shape index (κ2) is 5.75. The molecule has 76 valence electrons. The van der Waals surface area contributed by atoms with Gasteiger partial charge in [0.1, 0.15) is 0 Å². The highest BCUT2D eigenvalue weighted by Crippen LogP contribution is 2.01. The first-order valence-electron chi connectivity index (χ1n) is 4.59. The third-order valence-electron chi connectivity index (χ3n) is 1.73. The van der Waals surface area contributed by atoms with Crippen LogP contribution in [0, 0.1) is 0 Å². The van der Waals surface area contributed by atoms with Gasteiger partial charge in [0.2, 0.25) is 5.91 Å². The van der Waals surface area contributed by atoms with Crippen LogP contribution in [-0.4, -0.2) is 35.6 Å². The number of allylic oxidation sites excluding steroid dienone is 1. The lowest BCUT2D eigenvalue weighted by molar-refractivity contribution is -0.126. The van der Waals surface area contributed by atoms with Gasteiger partial charge in [-0.3, -0.25) is 4.79 Å². The van der Waals surface area contributed by atoms with Crippen molar-refractivity contribution >= 4 is 5.91 Å². The van der Waals surface area contributed by atoms with Gasteiger partial charge in [-0.05, 0) is 20.3 Å². The molecular weight excluding hydrogens is 166 g/mol. The molecule has 0 aromatic carbocycles. The molecule has 0 spiro atoms. The van der Waals surface area contributed by atoms with Crippen LogP contribution >= 0.6 is 0 Å². The molecule has 0 aromatic heterocycles. The predicted octanol–water partition coefficient (Wildman–Crippen LogP) is 1.18. The molecule has 0 radical (unpaired) electrons. The molecule has 0 fully saturated rings. The summed E-state index contributed by atoms with van der Waals surface area (Å²) in [4.78, 5) is 13.0. The van der Waals surface area contributed by atoms with Crippen LogP contribution in [0.5, 0.6) is 0 Å². The molecule has 0 saturated heterocycles. The highest BCUT2D eigenvalue weighted by atomic mass is 16.3. The highest BCUT2D eigenvalue weighted by molar-refractivity contribution is 5.92. The van der Waals surface area contributed by atoms with Gasteiger partial charge in [-0.2, -0.15) is 0 Å². The van der Waals surface area contributed by atoms with Crippen LogP contribution in [0.2, 0.25) is 0 Å². The first kappa shape index (κ1) is 12.2. The maximum absolute atomic E-state index is 11.5. The van der Waals surface area contributed by atoms with E-state index in [1.807, 2.05) is 13.0 Å². The van der Waals surface area contributed by atoms with E-state index in [-0.39, 0.29) is 5.91 Å². The van der Waals surface area contributed by atoms with Crippen LogP contribution < -0.4 is 0 Å². The zero-order valence-corrected chi connectivity index (χ0v) is 8.87. The van der Waals surface area contributed by atoms with Crippen LogP contribution in [0.3, 0.4) is 0 Å². The van der Waals surface area contributed by atoms with Gasteiger partial charge in [0.15, 0.2) is 0 Å². The van der Waals surface area contributed by atoms with Crippen molar-refractivity contribution in [2.45, 2.75) is 33.3 Å². The lowest BCUT2D eigenvalue weighted by atomic mass is 10.2. The van der Waals surface area contributed by atoms with Gasteiger partial charge in [-0.1, -0.05) is 13.0 Å². The number of carbonyl (C=O) groups is 1. The molecular formula is C10H19NO2. The Kier molecular flexibility index (Phi) is 5.39. The Morgan fingerprint density at radius 1 is 1.62 bits per heavy atom. The summed E-state index contributed by atoms with van der Waals surface area (Å²) in [6, 6.07) is 0. The molecule has 0 saturated carbocycles. The predicted molar refractivity (Wildman–Crippen MR) is 53.4 cm³/mol. The van der Waals surface area contributed by atoms with E-state index in [0.29, 0.717) is 6.54 Å². The first-order chi connectivity index (χ1) is 5.99. The number of likely N-dealkylation sites (N-methyl/N-ethyl adjacent to an activating group) is 1. The van der Waals surface area contributed by atoms with Gasteiger partial charge in [0, 0.05) is 19.2 Å². The SMILES string of the molecule is CCC=C(C)C(=O)N(C)CC(C)O. The Bertz CT molecular complexity index is 197. The lowest BCUT2D eigenvalue weighted by Crippen LogP contribution is -2.33. The number of aliphatic hydroxyl groups is 1. The van der Waals surface area contributed by atoms with E-state index in [0.717, 1.165) is 12.0 Å². The molecule has 0 aliphatic carbocycles. The Hall–Kier alpha value is -0.830. The van der Waals surface area contributed by atoms with Crippen LogP contribution in [0.1, 0.15) is 27.2 Å². The van der Waals surface area contributed by atoms with Crippen molar-refractivity contribution in [1.82, 2.24) is 4.90 Å². The summed E-state index contributed by atoms with van der Waals surface area (Å²) < 4.78 is 0. The molecule has 1 amide bonds. The molecule has 3 heteroatoms. The summed E-state index contributed by atoms with van der Waals surface area (Å²) in [6.07, 6.45) is 2.28. The van der Waals surface area contributed by atoms with Crippen LogP contribution in [0.4, 0.5) is 0 Å². The molecule has 0 rings (SSSR count). The number of rotatable bonds is 4. The molecule has 0 aliphatic rings. The summed E-state index contributed by atoms with van der Waals surface area (Å²) in [7, 11) is 1.70. The van der Waals surface area contributed by atoms with Crippen molar-refractivity contribution in [2.75, 3.05) is 13.6 Å². The van der Waals surface area contributed by atoms with Gasteiger partial charge in [-0.25, -0.2) is 0 Å². The standard InChI is InChI=1S/C10H19NO2/c1-5-6-8(2)10(13)11(4)7-9(3)12/h6,9,12H,5,7H2,1-4H3. The van der Waals surface area contributed by atoms with Gasteiger partial charge in [0.05, 0.1) is 6.10 Å². The normalized spacial score (nSPS) is 14.1. The lowest BCUT2D eigenvalue weighted by Gasteiger charge is -2.18. The van der Waals surface area contributed by atoms with E-state index < -0.39 is 6.10 Å². The fourth-order valence-electron chi connectivity index (χ4n) is 1.17. The average molecular weight is 185 g/mol. The molecule has 0 aromatic rings. The monoisotopic (exact) mass is 185 g/mol. The fourth-order valence-corrected chi connectivity index (χ4v) is 1.17. The molecule has 3 nitrogen and oxygen atoms in total. The van der Waals surface area contributed by atoms with E-state index in [9.17, 15) is 4.79 Å². The third-order valence-corrected chi connectivity index (χ3v) is 1.73. The van der Waals surface area contributed by atoms with Crippen molar-refractivity contribution in [2.24, 2.45) is 0 Å². The molecule has 1 unspecified atom stereocenters. The second-order valence-electron chi connectivity index (χ2n) is 3.33. The molecule has 1 N–H and O–H groups in total. The maximum atomic E-state index is 11.5. The minimum Gasteiger partial charge on any atom is -0.392 e. The van der Waals surface area contributed by atoms with E-state index in [4.69, 9.17) is 5.11 Å². The quantitative estimate of drug-likeness (QED) is 0.668. The van der Waals surface area contributed by atoms with E-state index >= 15 is 0 Å². The van der Waals surface area contributed by atoms with Gasteiger partial charge >= 0.3 is 0 Å². The fraction of sp³-hybridized carbons (Fsp3) is 0.700. The number of hydrogen-bond donors (Lipinski definition) is 1. The number of nitrogens with zero attached hydrogens (tertiary/aromatic N) is 1. The van der Waals surface area contributed by atoms with E-state index in [1.165, 1.54) is 4.90 Å². The van der Waals surface area contributed by atoms with Crippen LogP contribution in [0.15, 0.2) is 11.6 Å². The Balaban J connectivity index is 4.17. The third kappa shape index (κ3) is 4.68. The topological polar surface area (TPSA) is 40.5 Å². The van der Waals surface area contributed by atoms with E-state index in [2.05, 4.69) is 0 Å². The summed E-state index contributed by atoms with van der Waals surface area (Å²) in [5.41, 5.74) is 0.741. The van der Waals surface area contributed by atoms with Crippen LogP contribution in [0.25, 0.3) is 0 Å². The average Bonchev–Trinajstić information content (AvgIpc) is 2.02. The van der Waals surface area contributed by atoms with Gasteiger partial charge in [0.25, 0.3) is 0 Å². The van der Waals surface area contributed by atoms with Crippen molar-refractivity contribution in [3.8, 4) is 0 Å². The summed E-state index contributed by atoms with van der Waals surface area (Å²) in [6.45, 7) is 5.84. The molecule has 0 heterocycles.